The number of methoxy groups -OCH3 is 1. The van der Waals surface area contributed by atoms with Gasteiger partial charge in [-0.15, -0.1) is 0 Å². The first-order valence-electron chi connectivity index (χ1n) is 38.0. The minimum Gasteiger partial charge on any atom is -0.496 e. The van der Waals surface area contributed by atoms with Crippen LogP contribution in [0.25, 0.3) is 33.3 Å². The minimum absolute atomic E-state index is 0.00632. The first-order chi connectivity index (χ1) is 56.4. The Hall–Kier alpha value is -14.4. The molecule has 10 aromatic rings. The molecule has 0 aliphatic carbocycles. The number of nitrogens with zero attached hydrogens (tertiary/aromatic N) is 10. The number of pyridine rings is 2. The van der Waals surface area contributed by atoms with E-state index in [1.165, 1.54) is 9.80 Å². The molecular weight excluding hydrogens is 1480 g/mol. The molecule has 2 saturated heterocycles. The minimum atomic E-state index is -0.709. The summed E-state index contributed by atoms with van der Waals surface area (Å²) in [6.45, 7) is 8.31. The van der Waals surface area contributed by atoms with Crippen molar-refractivity contribution in [2.24, 2.45) is 20.5 Å². The van der Waals surface area contributed by atoms with E-state index in [1.807, 2.05) is 78.8 Å². The summed E-state index contributed by atoms with van der Waals surface area (Å²) in [6.07, 6.45) is 11.0. The lowest BCUT2D eigenvalue weighted by Gasteiger charge is -2.29. The number of imide groups is 2. The van der Waals surface area contributed by atoms with Gasteiger partial charge in [0, 0.05) is 128 Å². The number of carbonyl (C=O) groups excluding carboxylic acids is 9. The molecule has 0 bridgehead atoms. The summed E-state index contributed by atoms with van der Waals surface area (Å²) in [5, 5.41) is 42.1. The van der Waals surface area contributed by atoms with Crippen LogP contribution in [-0.2, 0) is 43.5 Å². The highest BCUT2D eigenvalue weighted by Gasteiger charge is 2.42. The Morgan fingerprint density at radius 3 is 1.79 bits per heavy atom. The van der Waals surface area contributed by atoms with Crippen molar-refractivity contribution >= 4 is 109 Å². The summed E-state index contributed by atoms with van der Waals surface area (Å²) >= 11 is 0. The second-order valence-electron chi connectivity index (χ2n) is 28.2. The van der Waals surface area contributed by atoms with Crippen LogP contribution in [0.3, 0.4) is 0 Å². The van der Waals surface area contributed by atoms with Crippen LogP contribution >= 0.6 is 0 Å². The summed E-state index contributed by atoms with van der Waals surface area (Å²) in [4.78, 5) is 126. The number of piperidine rings is 2. The fourth-order valence-corrected chi connectivity index (χ4v) is 14.4. The lowest BCUT2D eigenvalue weighted by atomic mass is 9.91. The van der Waals surface area contributed by atoms with Crippen LogP contribution in [0.2, 0.25) is 0 Å². The van der Waals surface area contributed by atoms with Crippen LogP contribution in [-0.4, -0.2) is 148 Å². The fourth-order valence-electron chi connectivity index (χ4n) is 14.4. The molecule has 7 aromatic carbocycles. The molecule has 2 atom stereocenters. The number of carbonyl (C=O) groups is 9. The van der Waals surface area contributed by atoms with Crippen LogP contribution in [0.1, 0.15) is 132 Å². The first-order valence-corrected chi connectivity index (χ1v) is 38.0. The molecular formula is C87H83N17O12. The zero-order valence-corrected chi connectivity index (χ0v) is 64.2. The summed E-state index contributed by atoms with van der Waals surface area (Å²) < 4.78 is 17.5. The van der Waals surface area contributed by atoms with E-state index in [9.17, 15) is 43.2 Å². The topological polar surface area (TPSA) is 367 Å². The molecule has 3 aromatic heterocycles. The summed E-state index contributed by atoms with van der Waals surface area (Å²) in [6, 6.07) is 46.3. The highest BCUT2D eigenvalue weighted by molar-refractivity contribution is 6.10. The Kier molecular flexibility index (Phi) is 24.0. The van der Waals surface area contributed by atoms with Crippen LogP contribution in [0.5, 0.6) is 17.2 Å². The monoisotopic (exact) mass is 1560 g/mol. The molecule has 0 saturated carbocycles. The Morgan fingerprint density at radius 2 is 1.22 bits per heavy atom. The number of H-pyrrole nitrogens is 1. The number of ether oxygens (including phenoxy) is 3. The number of para-hydroxylation sites is 1. The third-order valence-corrected chi connectivity index (χ3v) is 20.6. The van der Waals surface area contributed by atoms with Gasteiger partial charge in [-0.25, -0.2) is 0 Å². The first kappa shape index (κ1) is 78.3. The number of azo groups is 2. The number of aromatic nitrogens is 4. The van der Waals surface area contributed by atoms with Gasteiger partial charge in [0.15, 0.2) is 0 Å². The molecule has 5 aliphatic heterocycles. The van der Waals surface area contributed by atoms with Gasteiger partial charge in [0.1, 0.15) is 35.0 Å². The Morgan fingerprint density at radius 1 is 0.612 bits per heavy atom. The predicted octanol–water partition coefficient (Wildman–Crippen LogP) is 12.9. The third kappa shape index (κ3) is 17.8. The lowest BCUT2D eigenvalue weighted by molar-refractivity contribution is -0.138. The van der Waals surface area contributed by atoms with Crippen LogP contribution in [0, 0.1) is 6.92 Å². The fraction of sp³-hybridized carbons (Fsp3) is 0.241. The normalized spacial score (nSPS) is 15.6. The summed E-state index contributed by atoms with van der Waals surface area (Å²) in [5.74, 6) is -0.597. The number of nitrogens with one attached hydrogen (secondary N) is 7. The van der Waals surface area contributed by atoms with E-state index >= 15 is 0 Å². The van der Waals surface area contributed by atoms with Crippen LogP contribution in [0.15, 0.2) is 210 Å². The highest BCUT2D eigenvalue weighted by Crippen LogP contribution is 2.41. The molecule has 2 unspecified atom stereocenters. The second kappa shape index (κ2) is 35.5. The zero-order chi connectivity index (χ0) is 80.9. The molecule has 29 heteroatoms. The highest BCUT2D eigenvalue weighted by atomic mass is 16.5. The molecule has 5 aliphatic rings. The Labute approximate surface area is 667 Å². The molecule has 2 fully saturated rings. The van der Waals surface area contributed by atoms with E-state index in [-0.39, 0.29) is 79.4 Å². The van der Waals surface area contributed by atoms with E-state index in [2.05, 4.69) is 98.3 Å². The molecule has 588 valence electrons. The maximum absolute atomic E-state index is 13.1. The second-order valence-corrected chi connectivity index (χ2v) is 28.2. The molecule has 29 nitrogen and oxygen atoms in total. The number of benzene rings is 7. The number of amides is 9. The zero-order valence-electron chi connectivity index (χ0n) is 64.2. The molecule has 0 spiro atoms. The summed E-state index contributed by atoms with van der Waals surface area (Å²) in [7, 11) is 5.22. The van der Waals surface area contributed by atoms with E-state index in [1.54, 1.807) is 118 Å². The smallest absolute Gasteiger partial charge is 0.269 e. The Balaban J connectivity index is 0.000000192. The quantitative estimate of drug-likeness (QED) is 0.0143. The molecule has 8 heterocycles. The van der Waals surface area contributed by atoms with E-state index in [0.717, 1.165) is 67.2 Å². The average molecular weight is 1560 g/mol. The van der Waals surface area contributed by atoms with Gasteiger partial charge < -0.3 is 50.2 Å². The van der Waals surface area contributed by atoms with Crippen LogP contribution in [0.4, 0.5) is 34.1 Å². The maximum atomic E-state index is 13.1. The number of aromatic amines is 1. The van der Waals surface area contributed by atoms with Gasteiger partial charge in [-0.2, -0.15) is 25.6 Å². The standard InChI is InChI=1S/C45H39N9O6.C42H44N8O6/c1-46-42(56)34-25-49-36-17-11-27(23-33(36)41(34)50-29-7-3-2-4-8-29)28-12-18-38(48-24-28)43(57)47-21-6-22-60-31-15-13-30(14-16-31)52-53-37-10-5-9-32-35(37)26-54(45(32)59)39-19-20-40(55)51-44(39)58;1-25-20-27(33-23-49(3)26(2)40-32(33)22-44-48-40)21-37(55-4)30(25)8-6-11-38(51)43-18-7-19-56-29-14-12-28(13-15-29)46-47-35-10-5-9-31-34(35)24-50(42(31)54)36-16-17-39(52)45-41(36)53/h2-5,7-18,23-25,39H,6,19-22,26H2,1H3,(H,46,56)(H,47,57)(H,49,50)(H,51,55,58);5,9-10,12-15,20-23,36H,2,6-8,11,16-19,24H2,1,3-4H3,(H,43,51)(H,44,48)(H,45,52,53). The SMILES string of the molecule is C=C1c2[nH]ncc2C(c2cc(C)c(CCCC(=O)NCCCOc3ccc(N=Nc4cccc5c4CN(C4CCC(=O)NC4=O)C5=O)cc3)c(OC)c2)=CN1C.CNC(=O)c1cnc2ccc(-c3ccc(C(=O)NCCCOc4ccc(N=Nc5cccc6c5CN(C5CCC(=O)NC5=O)C6=O)cc4)nc3)cc2c1Nc1ccccc1. The number of fused-ring (bicyclic) bond motifs is 4. The van der Waals surface area contributed by atoms with Crippen molar-refractivity contribution in [2.75, 3.05) is 52.8 Å². The van der Waals surface area contributed by atoms with Gasteiger partial charge >= 0.3 is 0 Å². The van der Waals surface area contributed by atoms with E-state index in [4.69, 9.17) is 14.2 Å². The number of anilines is 2. The number of rotatable bonds is 27. The van der Waals surface area contributed by atoms with Crippen molar-refractivity contribution in [3.05, 3.63) is 251 Å². The van der Waals surface area contributed by atoms with E-state index in [0.29, 0.717) is 138 Å². The van der Waals surface area contributed by atoms with Crippen molar-refractivity contribution in [3.63, 3.8) is 0 Å². The van der Waals surface area contributed by atoms with Gasteiger partial charge in [-0.1, -0.05) is 55.1 Å². The van der Waals surface area contributed by atoms with Gasteiger partial charge in [-0.3, -0.25) is 68.9 Å². The average Bonchev–Trinajstić information content (AvgIpc) is 1.34. The van der Waals surface area contributed by atoms with Crippen molar-refractivity contribution in [3.8, 4) is 28.4 Å². The maximum Gasteiger partial charge on any atom is 0.269 e. The largest absolute Gasteiger partial charge is 0.496 e. The van der Waals surface area contributed by atoms with Gasteiger partial charge in [0.2, 0.25) is 29.5 Å². The molecule has 116 heavy (non-hydrogen) atoms. The van der Waals surface area contributed by atoms with Crippen molar-refractivity contribution in [1.29, 1.82) is 0 Å². The van der Waals surface area contributed by atoms with Gasteiger partial charge in [0.05, 0.1) is 77.4 Å². The van der Waals surface area contributed by atoms with Gasteiger partial charge in [0.25, 0.3) is 23.6 Å². The van der Waals surface area contributed by atoms with Crippen molar-refractivity contribution in [2.45, 2.75) is 89.9 Å². The number of aryl methyl sites for hydroxylation is 1. The van der Waals surface area contributed by atoms with Crippen molar-refractivity contribution < 1.29 is 57.4 Å². The van der Waals surface area contributed by atoms with E-state index < -0.39 is 23.9 Å². The number of hydrogen-bond acceptors (Lipinski definition) is 21. The predicted molar refractivity (Wildman–Crippen MR) is 433 cm³/mol. The summed E-state index contributed by atoms with van der Waals surface area (Å²) in [5.41, 5.74) is 16.1. The molecule has 0 radical (unpaired) electrons. The molecule has 7 N–H and O–H groups in total. The van der Waals surface area contributed by atoms with Gasteiger partial charge in [-0.05, 0) is 177 Å². The molecule has 9 amide bonds. The molecule has 15 rings (SSSR count). The Bertz CT molecular complexity index is 5590. The van der Waals surface area contributed by atoms with Crippen molar-refractivity contribution in [1.82, 2.24) is 61.4 Å². The van der Waals surface area contributed by atoms with Crippen LogP contribution < -0.4 is 46.1 Å². The lowest BCUT2D eigenvalue weighted by Crippen LogP contribution is -2.52. The third-order valence-electron chi connectivity index (χ3n) is 20.6. The number of hydrogen-bond donors (Lipinski definition) is 7.